The summed E-state index contributed by atoms with van der Waals surface area (Å²) in [6, 6.07) is 16.2. The molecule has 216 valence electrons. The van der Waals surface area contributed by atoms with Crippen LogP contribution >= 0.6 is 0 Å². The van der Waals surface area contributed by atoms with Crippen molar-refractivity contribution in [1.82, 2.24) is 29.5 Å². The van der Waals surface area contributed by atoms with E-state index in [9.17, 15) is 9.90 Å². The van der Waals surface area contributed by atoms with Gasteiger partial charge in [0.1, 0.15) is 17.0 Å². The number of benzene rings is 1. The van der Waals surface area contributed by atoms with Crippen molar-refractivity contribution >= 4 is 28.4 Å². The van der Waals surface area contributed by atoms with E-state index in [0.717, 1.165) is 59.4 Å². The summed E-state index contributed by atoms with van der Waals surface area (Å²) < 4.78 is 9.82. The van der Waals surface area contributed by atoms with Crippen LogP contribution in [0.25, 0.3) is 27.9 Å². The number of aliphatic hydroxyl groups excluding tert-OH is 1. The third-order valence-corrected chi connectivity index (χ3v) is 8.85. The molecule has 2 saturated carbocycles. The number of nitrogens with zero attached hydrogens (tertiary/aromatic N) is 6. The maximum Gasteiger partial charge on any atom is 0.257 e. The number of pyridine rings is 1. The van der Waals surface area contributed by atoms with Crippen LogP contribution in [0, 0.1) is 0 Å². The minimum absolute atomic E-state index is 0.130. The average molecular weight is 566 g/mol. The van der Waals surface area contributed by atoms with E-state index in [1.165, 1.54) is 0 Å². The predicted octanol–water partition coefficient (Wildman–Crippen LogP) is 4.38. The summed E-state index contributed by atoms with van der Waals surface area (Å²) in [6.07, 6.45) is 9.74. The smallest absolute Gasteiger partial charge is 0.257 e. The van der Waals surface area contributed by atoms with Crippen molar-refractivity contribution < 1.29 is 14.6 Å². The number of rotatable bonds is 8. The summed E-state index contributed by atoms with van der Waals surface area (Å²) in [5, 5.41) is 18.6. The molecule has 0 unspecified atom stereocenters. The zero-order valence-corrected chi connectivity index (χ0v) is 23.8. The fraction of sp³-hybridized carbons (Fsp3) is 0.375. The molecule has 2 fully saturated rings. The van der Waals surface area contributed by atoms with Gasteiger partial charge in [-0.15, -0.1) is 0 Å². The number of fused-ring (bicyclic) bond motifs is 2. The lowest BCUT2D eigenvalue weighted by atomic mass is 9.89. The molecule has 5 aromatic rings. The van der Waals surface area contributed by atoms with E-state index in [1.807, 2.05) is 43.6 Å². The standard InChI is InChI=1S/C32H35N7O3/c1-37(18-20-8-4-3-5-9-20)29-16-25(35-31-22(17-34-39(29)31)32(41)36-24-13-14-27(24)40)23-19-38(26-11-6-12-28(26)42-2)30-21(23)10-7-15-33-30/h3-5,7-10,15-17,19,24,26-28,40H,6,11-14,18H2,1-2H3,(H,36,41)/t24-,26+,27+,28+/m0/s1. The van der Waals surface area contributed by atoms with Crippen molar-refractivity contribution in [3.63, 3.8) is 0 Å². The number of aromatic nitrogens is 5. The van der Waals surface area contributed by atoms with Gasteiger partial charge in [-0.1, -0.05) is 30.3 Å². The van der Waals surface area contributed by atoms with Gasteiger partial charge in [0.2, 0.25) is 0 Å². The van der Waals surface area contributed by atoms with E-state index in [1.54, 1.807) is 17.8 Å². The maximum absolute atomic E-state index is 13.4. The third kappa shape index (κ3) is 4.60. The summed E-state index contributed by atoms with van der Waals surface area (Å²) in [4.78, 5) is 25.3. The van der Waals surface area contributed by atoms with Crippen LogP contribution in [0.5, 0.6) is 0 Å². The Hall–Kier alpha value is -4.28. The lowest BCUT2D eigenvalue weighted by Gasteiger charge is -2.32. The van der Waals surface area contributed by atoms with E-state index in [-0.39, 0.29) is 24.1 Å². The molecule has 42 heavy (non-hydrogen) atoms. The summed E-state index contributed by atoms with van der Waals surface area (Å²) in [6.45, 7) is 0.649. The van der Waals surface area contributed by atoms with Gasteiger partial charge < -0.3 is 24.6 Å². The molecular weight excluding hydrogens is 530 g/mol. The lowest BCUT2D eigenvalue weighted by molar-refractivity contribution is 0.0448. The second-order valence-electron chi connectivity index (χ2n) is 11.5. The Morgan fingerprint density at radius 2 is 1.98 bits per heavy atom. The molecular formula is C32H35N7O3. The van der Waals surface area contributed by atoms with Crippen molar-refractivity contribution in [2.24, 2.45) is 0 Å². The third-order valence-electron chi connectivity index (χ3n) is 8.85. The van der Waals surface area contributed by atoms with Crippen LogP contribution in [-0.4, -0.2) is 67.6 Å². The highest BCUT2D eigenvalue weighted by Gasteiger charge is 2.33. The number of amides is 1. The molecule has 10 heteroatoms. The molecule has 4 aromatic heterocycles. The van der Waals surface area contributed by atoms with Gasteiger partial charge >= 0.3 is 0 Å². The monoisotopic (exact) mass is 565 g/mol. The van der Waals surface area contributed by atoms with Crippen molar-refractivity contribution in [3.05, 3.63) is 78.2 Å². The van der Waals surface area contributed by atoms with E-state index in [4.69, 9.17) is 14.7 Å². The van der Waals surface area contributed by atoms with Crippen LogP contribution in [0.15, 0.2) is 67.1 Å². The molecule has 1 amide bonds. The lowest BCUT2D eigenvalue weighted by Crippen LogP contribution is -2.50. The van der Waals surface area contributed by atoms with Gasteiger partial charge in [-0.25, -0.2) is 9.97 Å². The fourth-order valence-corrected chi connectivity index (χ4v) is 6.39. The van der Waals surface area contributed by atoms with Gasteiger partial charge in [-0.2, -0.15) is 9.61 Å². The second kappa shape index (κ2) is 10.8. The molecule has 0 bridgehead atoms. The van der Waals surface area contributed by atoms with Gasteiger partial charge in [0.15, 0.2) is 5.65 Å². The van der Waals surface area contributed by atoms with Crippen LogP contribution < -0.4 is 10.2 Å². The molecule has 2 N–H and O–H groups in total. The summed E-state index contributed by atoms with van der Waals surface area (Å²) in [5.74, 6) is 0.523. The van der Waals surface area contributed by atoms with Crippen LogP contribution in [0.4, 0.5) is 5.82 Å². The van der Waals surface area contributed by atoms with E-state index < -0.39 is 6.10 Å². The highest BCUT2D eigenvalue weighted by atomic mass is 16.5. The van der Waals surface area contributed by atoms with Crippen molar-refractivity contribution in [3.8, 4) is 11.3 Å². The van der Waals surface area contributed by atoms with Crippen LogP contribution in [-0.2, 0) is 11.3 Å². The molecule has 2 aliphatic carbocycles. The van der Waals surface area contributed by atoms with Crippen LogP contribution in [0.1, 0.15) is 54.1 Å². The van der Waals surface area contributed by atoms with E-state index >= 15 is 0 Å². The highest BCUT2D eigenvalue weighted by Crippen LogP contribution is 2.39. The number of carbonyl (C=O) groups excluding carboxylic acids is 1. The summed E-state index contributed by atoms with van der Waals surface area (Å²) >= 11 is 0. The first-order valence-corrected chi connectivity index (χ1v) is 14.6. The largest absolute Gasteiger partial charge is 0.391 e. The molecule has 4 heterocycles. The normalized spacial score (nSPS) is 22.0. The molecule has 4 atom stereocenters. The second-order valence-corrected chi connectivity index (χ2v) is 11.5. The number of hydrogen-bond acceptors (Lipinski definition) is 7. The maximum atomic E-state index is 13.4. The molecule has 0 spiro atoms. The Balaban J connectivity index is 1.37. The number of ether oxygens (including phenoxy) is 1. The van der Waals surface area contributed by atoms with Gasteiger partial charge in [-0.05, 0) is 49.8 Å². The average Bonchev–Trinajstić information content (AvgIpc) is 3.75. The first-order valence-electron chi connectivity index (χ1n) is 14.6. The van der Waals surface area contributed by atoms with E-state index in [2.05, 4.69) is 44.3 Å². The van der Waals surface area contributed by atoms with Gasteiger partial charge in [0, 0.05) is 50.1 Å². The first-order chi connectivity index (χ1) is 20.5. The number of hydrogen-bond donors (Lipinski definition) is 2. The van der Waals surface area contributed by atoms with Crippen molar-refractivity contribution in [2.45, 2.75) is 62.9 Å². The van der Waals surface area contributed by atoms with E-state index in [0.29, 0.717) is 24.2 Å². The first kappa shape index (κ1) is 26.6. The minimum Gasteiger partial charge on any atom is -0.391 e. The minimum atomic E-state index is -0.517. The molecule has 0 aliphatic heterocycles. The van der Waals surface area contributed by atoms with Crippen LogP contribution in [0.3, 0.4) is 0 Å². The molecule has 10 nitrogen and oxygen atoms in total. The molecule has 1 aromatic carbocycles. The Labute approximate surface area is 244 Å². The van der Waals surface area contributed by atoms with Crippen LogP contribution in [0.2, 0.25) is 0 Å². The fourth-order valence-electron chi connectivity index (χ4n) is 6.39. The van der Waals surface area contributed by atoms with Gasteiger partial charge in [0.05, 0.1) is 36.2 Å². The summed E-state index contributed by atoms with van der Waals surface area (Å²) in [7, 11) is 3.80. The number of nitrogens with one attached hydrogen (secondary N) is 1. The number of anilines is 1. The Bertz CT molecular complexity index is 1750. The topological polar surface area (TPSA) is 110 Å². The van der Waals surface area contributed by atoms with Gasteiger partial charge in [-0.3, -0.25) is 4.79 Å². The zero-order valence-electron chi connectivity index (χ0n) is 23.8. The number of carbonyl (C=O) groups is 1. The highest BCUT2D eigenvalue weighted by molar-refractivity contribution is 6.01. The zero-order chi connectivity index (χ0) is 28.8. The Morgan fingerprint density at radius 3 is 2.74 bits per heavy atom. The molecule has 2 aliphatic rings. The molecule has 7 rings (SSSR count). The quantitative estimate of drug-likeness (QED) is 0.287. The Kier molecular flexibility index (Phi) is 6.87. The van der Waals surface area contributed by atoms with Crippen molar-refractivity contribution in [2.75, 3.05) is 19.1 Å². The summed E-state index contributed by atoms with van der Waals surface area (Å²) in [5.41, 5.74) is 4.57. The van der Waals surface area contributed by atoms with Crippen molar-refractivity contribution in [1.29, 1.82) is 0 Å². The SMILES string of the molecule is CO[C@@H]1CCC[C@H]1n1cc(-c2cc(N(C)Cc3ccccc3)n3ncc(C(=O)N[C@H]4CC[C@H]4O)c3n2)c2cccnc21. The molecule has 0 radical (unpaired) electrons. The predicted molar refractivity (Wildman–Crippen MR) is 160 cm³/mol. The molecule has 0 saturated heterocycles. The van der Waals surface area contributed by atoms with Gasteiger partial charge in [0.25, 0.3) is 5.91 Å². The number of methoxy groups -OCH3 is 1. The Morgan fingerprint density at radius 1 is 1.12 bits per heavy atom. The number of aliphatic hydroxyl groups is 1.